The van der Waals surface area contributed by atoms with Gasteiger partial charge in [-0.05, 0) is 18.2 Å². The highest BCUT2D eigenvalue weighted by Crippen LogP contribution is 2.26. The Morgan fingerprint density at radius 2 is 2.42 bits per heavy atom. The van der Waals surface area contributed by atoms with Crippen LogP contribution in [0.15, 0.2) is 18.2 Å². The van der Waals surface area contributed by atoms with Gasteiger partial charge >= 0.3 is 5.97 Å². The number of hydrogen-bond acceptors (Lipinski definition) is 4. The third-order valence-electron chi connectivity index (χ3n) is 3.31. The maximum absolute atomic E-state index is 11.1. The second kappa shape index (κ2) is 5.77. The number of carboxylic acids is 1. The molecule has 1 aromatic carbocycles. The third-order valence-corrected chi connectivity index (χ3v) is 3.55. The minimum absolute atomic E-state index is 0.189. The lowest BCUT2D eigenvalue weighted by Gasteiger charge is -2.26. The van der Waals surface area contributed by atoms with Crippen LogP contribution < -0.4 is 5.32 Å². The number of carbonyl (C=O) groups is 1. The highest BCUT2D eigenvalue weighted by molar-refractivity contribution is 6.31. The SMILES string of the molecule is COC1(CNc2cc(Cl)ccc2C(=O)O)CCOC1. The molecule has 1 atom stereocenters. The zero-order valence-electron chi connectivity index (χ0n) is 10.6. The van der Waals surface area contributed by atoms with Crippen molar-refractivity contribution in [2.75, 3.05) is 32.2 Å². The predicted molar refractivity (Wildman–Crippen MR) is 72.1 cm³/mol. The van der Waals surface area contributed by atoms with Crippen LogP contribution in [0.3, 0.4) is 0 Å². The van der Waals surface area contributed by atoms with Gasteiger partial charge in [-0.25, -0.2) is 4.79 Å². The fourth-order valence-corrected chi connectivity index (χ4v) is 2.24. The average molecular weight is 286 g/mol. The maximum Gasteiger partial charge on any atom is 0.337 e. The molecule has 0 saturated carbocycles. The fourth-order valence-electron chi connectivity index (χ4n) is 2.07. The quantitative estimate of drug-likeness (QED) is 0.868. The smallest absolute Gasteiger partial charge is 0.337 e. The van der Waals surface area contributed by atoms with Crippen LogP contribution in [0.5, 0.6) is 0 Å². The molecule has 1 aliphatic heterocycles. The Balaban J connectivity index is 2.14. The van der Waals surface area contributed by atoms with Crippen LogP contribution in [-0.4, -0.2) is 43.5 Å². The molecule has 0 aromatic heterocycles. The second-order valence-corrected chi connectivity index (χ2v) is 4.97. The molecule has 19 heavy (non-hydrogen) atoms. The molecule has 2 rings (SSSR count). The zero-order valence-corrected chi connectivity index (χ0v) is 11.4. The number of carboxylic acid groups (broad SMARTS) is 1. The van der Waals surface area contributed by atoms with Crippen molar-refractivity contribution in [3.63, 3.8) is 0 Å². The van der Waals surface area contributed by atoms with E-state index in [2.05, 4.69) is 5.32 Å². The van der Waals surface area contributed by atoms with E-state index in [-0.39, 0.29) is 5.56 Å². The summed E-state index contributed by atoms with van der Waals surface area (Å²) >= 11 is 5.90. The molecule has 0 amide bonds. The number of methoxy groups -OCH3 is 1. The molecule has 1 saturated heterocycles. The van der Waals surface area contributed by atoms with Gasteiger partial charge < -0.3 is 19.9 Å². The highest BCUT2D eigenvalue weighted by Gasteiger charge is 2.34. The first-order valence-electron chi connectivity index (χ1n) is 5.96. The van der Waals surface area contributed by atoms with Crippen molar-refractivity contribution in [1.29, 1.82) is 0 Å². The van der Waals surface area contributed by atoms with Gasteiger partial charge in [-0.15, -0.1) is 0 Å². The van der Waals surface area contributed by atoms with Crippen LogP contribution in [0, 0.1) is 0 Å². The molecule has 1 fully saturated rings. The Kier molecular flexibility index (Phi) is 4.29. The van der Waals surface area contributed by atoms with Gasteiger partial charge in [0.25, 0.3) is 0 Å². The van der Waals surface area contributed by atoms with E-state index >= 15 is 0 Å². The van der Waals surface area contributed by atoms with Crippen molar-refractivity contribution in [3.8, 4) is 0 Å². The van der Waals surface area contributed by atoms with Crippen molar-refractivity contribution >= 4 is 23.3 Å². The standard InChI is InChI=1S/C13H16ClNO4/c1-18-13(4-5-19-8-13)7-15-11-6-9(14)2-3-10(11)12(16)17/h2-3,6,15H,4-5,7-8H2,1H3,(H,16,17). The van der Waals surface area contributed by atoms with Gasteiger partial charge in [-0.3, -0.25) is 0 Å². The van der Waals surface area contributed by atoms with E-state index in [4.69, 9.17) is 26.2 Å². The largest absolute Gasteiger partial charge is 0.478 e. The van der Waals surface area contributed by atoms with Gasteiger partial charge in [-0.1, -0.05) is 11.6 Å². The number of nitrogens with one attached hydrogen (secondary N) is 1. The monoisotopic (exact) mass is 285 g/mol. The summed E-state index contributed by atoms with van der Waals surface area (Å²) in [4.78, 5) is 11.1. The number of ether oxygens (including phenoxy) is 2. The average Bonchev–Trinajstić information content (AvgIpc) is 2.85. The van der Waals surface area contributed by atoms with Crippen molar-refractivity contribution in [3.05, 3.63) is 28.8 Å². The lowest BCUT2D eigenvalue weighted by atomic mass is 10.0. The molecule has 0 aliphatic carbocycles. The first kappa shape index (κ1) is 14.1. The van der Waals surface area contributed by atoms with Crippen LogP contribution in [0.1, 0.15) is 16.8 Å². The molecule has 0 spiro atoms. The fraction of sp³-hybridized carbons (Fsp3) is 0.462. The molecular formula is C13H16ClNO4. The number of benzene rings is 1. The summed E-state index contributed by atoms with van der Waals surface area (Å²) in [6.07, 6.45) is 0.777. The van der Waals surface area contributed by atoms with Gasteiger partial charge in [0.2, 0.25) is 0 Å². The summed E-state index contributed by atoms with van der Waals surface area (Å²) < 4.78 is 10.8. The van der Waals surface area contributed by atoms with Gasteiger partial charge in [0.15, 0.2) is 0 Å². The van der Waals surface area contributed by atoms with E-state index < -0.39 is 11.6 Å². The molecule has 1 heterocycles. The molecular weight excluding hydrogens is 270 g/mol. The Labute approximate surface area is 116 Å². The Morgan fingerprint density at radius 3 is 3.00 bits per heavy atom. The van der Waals surface area contributed by atoms with Crippen LogP contribution in [0.4, 0.5) is 5.69 Å². The Morgan fingerprint density at radius 1 is 1.63 bits per heavy atom. The summed E-state index contributed by atoms with van der Waals surface area (Å²) in [5.41, 5.74) is 0.274. The highest BCUT2D eigenvalue weighted by atomic mass is 35.5. The Bertz CT molecular complexity index is 472. The van der Waals surface area contributed by atoms with Crippen LogP contribution in [0.2, 0.25) is 5.02 Å². The number of rotatable bonds is 5. The van der Waals surface area contributed by atoms with Crippen molar-refractivity contribution in [2.24, 2.45) is 0 Å². The molecule has 5 nitrogen and oxygen atoms in total. The molecule has 1 aliphatic rings. The number of hydrogen-bond donors (Lipinski definition) is 2. The van der Waals surface area contributed by atoms with Crippen LogP contribution in [-0.2, 0) is 9.47 Å². The lowest BCUT2D eigenvalue weighted by Crippen LogP contribution is -2.39. The molecule has 6 heteroatoms. The zero-order chi connectivity index (χ0) is 13.9. The topological polar surface area (TPSA) is 67.8 Å². The van der Waals surface area contributed by atoms with Crippen molar-refractivity contribution in [1.82, 2.24) is 0 Å². The normalized spacial score (nSPS) is 22.4. The molecule has 0 bridgehead atoms. The first-order valence-corrected chi connectivity index (χ1v) is 6.34. The number of anilines is 1. The van der Waals surface area contributed by atoms with Gasteiger partial charge in [0.05, 0.1) is 17.9 Å². The van der Waals surface area contributed by atoms with Gasteiger partial charge in [0, 0.05) is 31.7 Å². The van der Waals surface area contributed by atoms with Gasteiger partial charge in [0.1, 0.15) is 5.60 Å². The summed E-state index contributed by atoms with van der Waals surface area (Å²) in [6.45, 7) is 1.63. The molecule has 1 aromatic rings. The third kappa shape index (κ3) is 3.18. The summed E-state index contributed by atoms with van der Waals surface area (Å²) in [5, 5.41) is 12.7. The minimum atomic E-state index is -0.992. The van der Waals surface area contributed by atoms with Crippen LogP contribution >= 0.6 is 11.6 Å². The summed E-state index contributed by atoms with van der Waals surface area (Å²) in [5.74, 6) is -0.992. The molecule has 104 valence electrons. The second-order valence-electron chi connectivity index (χ2n) is 4.54. The predicted octanol–water partition coefficient (Wildman–Crippen LogP) is 2.26. The van der Waals surface area contributed by atoms with E-state index in [9.17, 15) is 4.79 Å². The van der Waals surface area contributed by atoms with E-state index in [0.29, 0.717) is 30.5 Å². The maximum atomic E-state index is 11.1. The van der Waals surface area contributed by atoms with E-state index in [1.807, 2.05) is 0 Å². The van der Waals surface area contributed by atoms with Crippen LogP contribution in [0.25, 0.3) is 0 Å². The molecule has 1 unspecified atom stereocenters. The van der Waals surface area contributed by atoms with Gasteiger partial charge in [-0.2, -0.15) is 0 Å². The van der Waals surface area contributed by atoms with E-state index in [0.717, 1.165) is 6.42 Å². The lowest BCUT2D eigenvalue weighted by molar-refractivity contribution is -0.00622. The molecule has 0 radical (unpaired) electrons. The number of halogens is 1. The first-order chi connectivity index (χ1) is 9.06. The minimum Gasteiger partial charge on any atom is -0.478 e. The van der Waals surface area contributed by atoms with Crippen molar-refractivity contribution in [2.45, 2.75) is 12.0 Å². The Hall–Kier alpha value is -1.30. The summed E-state index contributed by atoms with van der Waals surface area (Å²) in [6, 6.07) is 4.64. The van der Waals surface area contributed by atoms with E-state index in [1.54, 1.807) is 19.2 Å². The van der Waals surface area contributed by atoms with E-state index in [1.165, 1.54) is 6.07 Å². The summed E-state index contributed by atoms with van der Waals surface area (Å²) in [7, 11) is 1.63. The molecule has 2 N–H and O–H groups in total. The number of aromatic carboxylic acids is 1. The van der Waals surface area contributed by atoms with Crippen molar-refractivity contribution < 1.29 is 19.4 Å².